The smallest absolute Gasteiger partial charge is 0.0388 e. The maximum atomic E-state index is 5.63. The predicted molar refractivity (Wildman–Crippen MR) is 57.9 cm³/mol. The van der Waals surface area contributed by atoms with Crippen LogP contribution in [0.4, 0.5) is 5.69 Å². The zero-order valence-electron chi connectivity index (χ0n) is 8.43. The van der Waals surface area contributed by atoms with Crippen molar-refractivity contribution in [2.24, 2.45) is 5.73 Å². The highest BCUT2D eigenvalue weighted by Crippen LogP contribution is 2.16. The Morgan fingerprint density at radius 2 is 2.15 bits per heavy atom. The summed E-state index contributed by atoms with van der Waals surface area (Å²) in [7, 11) is 0. The quantitative estimate of drug-likeness (QED) is 0.742. The molecular formula is C11H18N2. The summed E-state index contributed by atoms with van der Waals surface area (Å²) in [4.78, 5) is 0. The van der Waals surface area contributed by atoms with Gasteiger partial charge < -0.3 is 11.1 Å². The standard InChI is InChI=1S/C11H18N2/c1-3-6-13-11-7-9(2)4-5-10(11)8-12/h4-5,7,13H,3,6,8,12H2,1-2H3. The molecule has 0 aromatic heterocycles. The lowest BCUT2D eigenvalue weighted by atomic mass is 10.1. The molecule has 0 heterocycles. The monoisotopic (exact) mass is 178 g/mol. The van der Waals surface area contributed by atoms with Gasteiger partial charge in [0.05, 0.1) is 0 Å². The third-order valence-electron chi connectivity index (χ3n) is 2.05. The molecule has 0 fully saturated rings. The largest absolute Gasteiger partial charge is 0.385 e. The Hall–Kier alpha value is -1.02. The van der Waals surface area contributed by atoms with Gasteiger partial charge in [0.1, 0.15) is 0 Å². The van der Waals surface area contributed by atoms with Gasteiger partial charge >= 0.3 is 0 Å². The zero-order valence-corrected chi connectivity index (χ0v) is 8.43. The number of rotatable bonds is 4. The molecule has 0 unspecified atom stereocenters. The van der Waals surface area contributed by atoms with Crippen molar-refractivity contribution in [2.45, 2.75) is 26.8 Å². The summed E-state index contributed by atoms with van der Waals surface area (Å²) >= 11 is 0. The first-order valence-electron chi connectivity index (χ1n) is 4.81. The Bertz CT molecular complexity index is 269. The Morgan fingerprint density at radius 3 is 2.77 bits per heavy atom. The van der Waals surface area contributed by atoms with E-state index in [4.69, 9.17) is 5.73 Å². The first-order chi connectivity index (χ1) is 6.27. The van der Waals surface area contributed by atoms with Crippen LogP contribution in [0, 0.1) is 6.92 Å². The van der Waals surface area contributed by atoms with Crippen molar-refractivity contribution in [3.8, 4) is 0 Å². The highest BCUT2D eigenvalue weighted by atomic mass is 14.9. The summed E-state index contributed by atoms with van der Waals surface area (Å²) < 4.78 is 0. The molecule has 0 atom stereocenters. The summed E-state index contributed by atoms with van der Waals surface area (Å²) in [6.45, 7) is 5.87. The van der Waals surface area contributed by atoms with E-state index in [0.717, 1.165) is 13.0 Å². The SMILES string of the molecule is CCCNc1cc(C)ccc1CN. The van der Waals surface area contributed by atoms with Crippen LogP contribution in [-0.4, -0.2) is 6.54 Å². The van der Waals surface area contributed by atoms with Gasteiger partial charge in [-0.3, -0.25) is 0 Å². The van der Waals surface area contributed by atoms with Crippen LogP contribution in [0.2, 0.25) is 0 Å². The van der Waals surface area contributed by atoms with Crippen molar-refractivity contribution < 1.29 is 0 Å². The molecule has 13 heavy (non-hydrogen) atoms. The van der Waals surface area contributed by atoms with E-state index >= 15 is 0 Å². The second-order valence-corrected chi connectivity index (χ2v) is 3.29. The van der Waals surface area contributed by atoms with E-state index in [1.807, 2.05) is 0 Å². The maximum Gasteiger partial charge on any atom is 0.0388 e. The maximum absolute atomic E-state index is 5.63. The second kappa shape index (κ2) is 4.87. The molecule has 0 radical (unpaired) electrons. The molecule has 0 amide bonds. The van der Waals surface area contributed by atoms with Gasteiger partial charge in [-0.2, -0.15) is 0 Å². The average molecular weight is 178 g/mol. The van der Waals surface area contributed by atoms with Gasteiger partial charge in [0, 0.05) is 18.8 Å². The van der Waals surface area contributed by atoms with Gasteiger partial charge in [-0.15, -0.1) is 0 Å². The summed E-state index contributed by atoms with van der Waals surface area (Å²) in [6.07, 6.45) is 1.14. The summed E-state index contributed by atoms with van der Waals surface area (Å²) in [5, 5.41) is 3.37. The van der Waals surface area contributed by atoms with Crippen molar-refractivity contribution in [2.75, 3.05) is 11.9 Å². The van der Waals surface area contributed by atoms with Crippen LogP contribution in [0.25, 0.3) is 0 Å². The van der Waals surface area contributed by atoms with Crippen molar-refractivity contribution >= 4 is 5.69 Å². The van der Waals surface area contributed by atoms with E-state index < -0.39 is 0 Å². The number of anilines is 1. The normalized spacial score (nSPS) is 10.1. The third kappa shape index (κ3) is 2.74. The Labute approximate surface area is 80.1 Å². The van der Waals surface area contributed by atoms with Crippen LogP contribution < -0.4 is 11.1 Å². The van der Waals surface area contributed by atoms with Gasteiger partial charge in [-0.25, -0.2) is 0 Å². The van der Waals surface area contributed by atoms with Gasteiger partial charge in [0.2, 0.25) is 0 Å². The Balaban J connectivity index is 2.81. The number of aryl methyl sites for hydroxylation is 1. The zero-order chi connectivity index (χ0) is 9.68. The minimum absolute atomic E-state index is 0.603. The van der Waals surface area contributed by atoms with Gasteiger partial charge in [0.25, 0.3) is 0 Å². The number of hydrogen-bond acceptors (Lipinski definition) is 2. The molecule has 1 rings (SSSR count). The summed E-state index contributed by atoms with van der Waals surface area (Å²) in [5.41, 5.74) is 9.28. The highest BCUT2D eigenvalue weighted by molar-refractivity contribution is 5.53. The van der Waals surface area contributed by atoms with E-state index in [-0.39, 0.29) is 0 Å². The molecule has 0 saturated heterocycles. The average Bonchev–Trinajstić information content (AvgIpc) is 2.15. The minimum Gasteiger partial charge on any atom is -0.385 e. The molecule has 1 aromatic rings. The van der Waals surface area contributed by atoms with Crippen LogP contribution in [0.5, 0.6) is 0 Å². The van der Waals surface area contributed by atoms with Crippen LogP contribution >= 0.6 is 0 Å². The summed E-state index contributed by atoms with van der Waals surface area (Å²) in [6, 6.07) is 6.34. The van der Waals surface area contributed by atoms with Crippen molar-refractivity contribution in [1.29, 1.82) is 0 Å². The fourth-order valence-corrected chi connectivity index (χ4v) is 1.29. The molecule has 72 valence electrons. The van der Waals surface area contributed by atoms with Crippen LogP contribution in [0.15, 0.2) is 18.2 Å². The molecule has 2 nitrogen and oxygen atoms in total. The molecule has 0 spiro atoms. The third-order valence-corrected chi connectivity index (χ3v) is 2.05. The lowest BCUT2D eigenvalue weighted by molar-refractivity contribution is 0.967. The lowest BCUT2D eigenvalue weighted by Crippen LogP contribution is -2.06. The number of nitrogens with one attached hydrogen (secondary N) is 1. The van der Waals surface area contributed by atoms with E-state index in [2.05, 4.69) is 37.4 Å². The molecule has 0 aliphatic carbocycles. The van der Waals surface area contributed by atoms with E-state index in [9.17, 15) is 0 Å². The fourth-order valence-electron chi connectivity index (χ4n) is 1.29. The van der Waals surface area contributed by atoms with Gasteiger partial charge in [-0.05, 0) is 30.5 Å². The second-order valence-electron chi connectivity index (χ2n) is 3.29. The molecule has 0 aliphatic heterocycles. The first kappa shape index (κ1) is 10.1. The molecule has 0 saturated carbocycles. The number of hydrogen-bond donors (Lipinski definition) is 2. The van der Waals surface area contributed by atoms with Gasteiger partial charge in [-0.1, -0.05) is 19.1 Å². The fraction of sp³-hybridized carbons (Fsp3) is 0.455. The lowest BCUT2D eigenvalue weighted by Gasteiger charge is -2.10. The summed E-state index contributed by atoms with van der Waals surface area (Å²) in [5.74, 6) is 0. The Morgan fingerprint density at radius 1 is 1.38 bits per heavy atom. The van der Waals surface area contributed by atoms with Crippen LogP contribution in [-0.2, 0) is 6.54 Å². The van der Waals surface area contributed by atoms with Gasteiger partial charge in [0.15, 0.2) is 0 Å². The van der Waals surface area contributed by atoms with E-state index in [1.54, 1.807) is 0 Å². The number of benzene rings is 1. The van der Waals surface area contributed by atoms with Crippen molar-refractivity contribution in [1.82, 2.24) is 0 Å². The molecular weight excluding hydrogens is 160 g/mol. The topological polar surface area (TPSA) is 38.0 Å². The van der Waals surface area contributed by atoms with E-state index in [0.29, 0.717) is 6.54 Å². The van der Waals surface area contributed by atoms with E-state index in [1.165, 1.54) is 16.8 Å². The number of nitrogens with two attached hydrogens (primary N) is 1. The predicted octanol–water partition coefficient (Wildman–Crippen LogP) is 2.28. The molecule has 1 aromatic carbocycles. The highest BCUT2D eigenvalue weighted by Gasteiger charge is 1.99. The molecule has 0 bridgehead atoms. The molecule has 3 N–H and O–H groups in total. The Kier molecular flexibility index (Phi) is 3.77. The van der Waals surface area contributed by atoms with Crippen LogP contribution in [0.3, 0.4) is 0 Å². The van der Waals surface area contributed by atoms with Crippen molar-refractivity contribution in [3.05, 3.63) is 29.3 Å². The van der Waals surface area contributed by atoms with Crippen LogP contribution in [0.1, 0.15) is 24.5 Å². The first-order valence-corrected chi connectivity index (χ1v) is 4.81. The van der Waals surface area contributed by atoms with Crippen molar-refractivity contribution in [3.63, 3.8) is 0 Å². The minimum atomic E-state index is 0.603. The molecule has 0 aliphatic rings. The molecule has 2 heteroatoms.